The number of pyridine rings is 1. The molecule has 0 N–H and O–H groups in total. The number of ether oxygens (including phenoxy) is 1. The molecule has 0 aliphatic carbocycles. The summed E-state index contributed by atoms with van der Waals surface area (Å²) in [7, 11) is 0. The molecule has 0 bridgehead atoms. The van der Waals surface area contributed by atoms with Crippen molar-refractivity contribution in [2.24, 2.45) is 0 Å². The van der Waals surface area contributed by atoms with Gasteiger partial charge in [0.25, 0.3) is 0 Å². The minimum atomic E-state index is -2.38. The minimum absolute atomic E-state index is 0.0235. The summed E-state index contributed by atoms with van der Waals surface area (Å²) in [6, 6.07) is 28.1. The van der Waals surface area contributed by atoms with E-state index >= 15 is 0 Å². The highest BCUT2D eigenvalue weighted by molar-refractivity contribution is 9.10. The monoisotopic (exact) mass is 580 g/mol. The van der Waals surface area contributed by atoms with E-state index in [1.165, 1.54) is 6.07 Å². The molecule has 39 heavy (non-hydrogen) atoms. The molecule has 2 heterocycles. The normalized spacial score (nSPS) is 14.8. The number of hydrogen-bond acceptors (Lipinski definition) is 2. The number of fused-ring (bicyclic) bond motifs is 3. The van der Waals surface area contributed by atoms with Gasteiger partial charge in [-0.1, -0.05) is 85.2 Å². The minimum Gasteiger partial charge on any atom is -0.457 e. The van der Waals surface area contributed by atoms with Crippen molar-refractivity contribution < 1.29 is 13.0 Å². The van der Waals surface area contributed by atoms with Gasteiger partial charge in [0.2, 0.25) is 0 Å². The van der Waals surface area contributed by atoms with Gasteiger partial charge in [0.1, 0.15) is 17.3 Å². The van der Waals surface area contributed by atoms with E-state index in [1.807, 2.05) is 71.3 Å². The molecule has 6 aromatic rings. The van der Waals surface area contributed by atoms with Crippen LogP contribution in [0.1, 0.15) is 45.7 Å². The first-order chi connectivity index (χ1) is 21.1. The molecule has 0 fully saturated rings. The van der Waals surface area contributed by atoms with Crippen molar-refractivity contribution in [3.8, 4) is 28.4 Å². The van der Waals surface area contributed by atoms with Gasteiger partial charge in [-0.3, -0.25) is 4.57 Å². The van der Waals surface area contributed by atoms with E-state index in [0.29, 0.717) is 27.4 Å². The van der Waals surface area contributed by atoms with Gasteiger partial charge in [-0.25, -0.2) is 4.98 Å². The summed E-state index contributed by atoms with van der Waals surface area (Å²) in [6.45, 7) is 1.80. The Kier molecular flexibility index (Phi) is 4.78. The largest absolute Gasteiger partial charge is 0.457 e. The van der Waals surface area contributed by atoms with Gasteiger partial charge >= 0.3 is 0 Å². The van der Waals surface area contributed by atoms with Crippen LogP contribution in [0.4, 0.5) is 0 Å². The topological polar surface area (TPSA) is 27.1 Å². The molecule has 2 aromatic heterocycles. The van der Waals surface area contributed by atoms with Crippen LogP contribution in [0.15, 0.2) is 102 Å². The van der Waals surface area contributed by atoms with Gasteiger partial charge in [0.05, 0.1) is 11.0 Å². The van der Waals surface area contributed by atoms with Gasteiger partial charge in [-0.05, 0) is 77.8 Å². The summed E-state index contributed by atoms with van der Waals surface area (Å²) in [5.41, 5.74) is 4.58. The van der Waals surface area contributed by atoms with Crippen LogP contribution in [0.3, 0.4) is 0 Å². The molecule has 0 spiro atoms. The van der Waals surface area contributed by atoms with Crippen LogP contribution in [-0.4, -0.2) is 9.55 Å². The fourth-order valence-electron chi connectivity index (χ4n) is 4.90. The second-order valence-electron chi connectivity index (χ2n) is 10.7. The number of halogens is 1. The zero-order valence-corrected chi connectivity index (χ0v) is 23.5. The highest BCUT2D eigenvalue weighted by atomic mass is 79.9. The lowest BCUT2D eigenvalue weighted by Crippen LogP contribution is -2.10. The Labute approximate surface area is 246 Å². The summed E-state index contributed by atoms with van der Waals surface area (Å²) in [6.07, 6.45) is 1.65. The van der Waals surface area contributed by atoms with Crippen LogP contribution in [0.2, 0.25) is 0 Å². The zero-order chi connectivity index (χ0) is 32.3. The van der Waals surface area contributed by atoms with Crippen molar-refractivity contribution in [1.29, 1.82) is 0 Å². The van der Waals surface area contributed by atoms with Crippen LogP contribution in [0.25, 0.3) is 38.8 Å². The van der Waals surface area contributed by atoms with E-state index < -0.39 is 13.7 Å². The molecule has 4 heteroatoms. The number of aromatic nitrogens is 2. The van der Waals surface area contributed by atoms with Crippen LogP contribution < -0.4 is 4.74 Å². The lowest BCUT2D eigenvalue weighted by molar-refractivity contribution is 0.483. The summed E-state index contributed by atoms with van der Waals surface area (Å²) in [4.78, 5) is 4.81. The first-order valence-electron chi connectivity index (χ1n) is 15.7. The molecule has 0 unspecified atom stereocenters. The Morgan fingerprint density at radius 3 is 2.23 bits per heavy atom. The molecule has 0 radical (unpaired) electrons. The third kappa shape index (κ3) is 4.74. The lowest BCUT2D eigenvalue weighted by atomic mass is 9.86. The van der Waals surface area contributed by atoms with Gasteiger partial charge in [-0.2, -0.15) is 0 Å². The molecular weight excluding hydrogens is 544 g/mol. The average molecular weight is 582 g/mol. The Hall–Kier alpha value is -3.89. The molecule has 0 aliphatic rings. The molecule has 4 aromatic carbocycles. The number of nitrogens with zero attached hydrogens (tertiary/aromatic N) is 2. The van der Waals surface area contributed by atoms with E-state index in [2.05, 4.69) is 36.7 Å². The van der Waals surface area contributed by atoms with E-state index in [0.717, 1.165) is 32.9 Å². The van der Waals surface area contributed by atoms with Crippen molar-refractivity contribution in [2.75, 3.05) is 0 Å². The predicted octanol–water partition coefficient (Wildman–Crippen LogP) is 10.3. The number of hydrogen-bond donors (Lipinski definition) is 0. The smallest absolute Gasteiger partial charge is 0.137 e. The van der Waals surface area contributed by atoms with Crippen molar-refractivity contribution in [2.45, 2.75) is 39.9 Å². The maximum absolute atomic E-state index is 8.42. The average Bonchev–Trinajstić information content (AvgIpc) is 3.29. The van der Waals surface area contributed by atoms with Crippen molar-refractivity contribution in [3.63, 3.8) is 0 Å². The number of rotatable bonds is 4. The number of benzene rings is 4. The maximum atomic E-state index is 8.42. The van der Waals surface area contributed by atoms with Crippen molar-refractivity contribution in [1.82, 2.24) is 9.55 Å². The molecule has 3 nitrogen and oxygen atoms in total. The summed E-state index contributed by atoms with van der Waals surface area (Å²) < 4.78 is 57.0. The molecule has 0 atom stereocenters. The second kappa shape index (κ2) is 9.69. The molecule has 0 saturated carbocycles. The Morgan fingerprint density at radius 2 is 1.49 bits per heavy atom. The van der Waals surface area contributed by atoms with Crippen molar-refractivity contribution in [3.05, 3.63) is 118 Å². The maximum Gasteiger partial charge on any atom is 0.137 e. The van der Waals surface area contributed by atoms with E-state index in [9.17, 15) is 0 Å². The summed E-state index contributed by atoms with van der Waals surface area (Å²) >= 11 is 3.36. The molecule has 0 saturated heterocycles. The van der Waals surface area contributed by atoms with Crippen LogP contribution >= 0.6 is 15.9 Å². The molecule has 0 aliphatic heterocycles. The molecule has 194 valence electrons. The summed E-state index contributed by atoms with van der Waals surface area (Å²) in [5, 5.41) is 1.94. The van der Waals surface area contributed by atoms with Gasteiger partial charge in [0, 0.05) is 41.3 Å². The highest BCUT2D eigenvalue weighted by Gasteiger charge is 2.17. The van der Waals surface area contributed by atoms with Crippen LogP contribution in [0.5, 0.6) is 11.5 Å². The number of para-hydroxylation sites is 1. The van der Waals surface area contributed by atoms with Crippen molar-refractivity contribution >= 4 is 37.7 Å². The van der Waals surface area contributed by atoms with Gasteiger partial charge in [0.15, 0.2) is 0 Å². The Balaban J connectivity index is 1.48. The Bertz CT molecular complexity index is 2060. The van der Waals surface area contributed by atoms with Gasteiger partial charge < -0.3 is 4.74 Å². The van der Waals surface area contributed by atoms with Crippen LogP contribution in [0, 0.1) is 13.7 Å². The quantitative estimate of drug-likeness (QED) is 0.207. The fourth-order valence-corrected chi connectivity index (χ4v) is 5.26. The van der Waals surface area contributed by atoms with Gasteiger partial charge in [-0.15, -0.1) is 0 Å². The van der Waals surface area contributed by atoms with E-state index in [4.69, 9.17) is 17.9 Å². The lowest BCUT2D eigenvalue weighted by Gasteiger charge is -2.19. The second-order valence-corrected chi connectivity index (χ2v) is 11.5. The molecule has 0 amide bonds. The summed E-state index contributed by atoms with van der Waals surface area (Å²) in [5.74, 6) is 1.48. The zero-order valence-electron chi connectivity index (χ0n) is 27.9. The standard InChI is InChI=1S/C35H31BrN2O/c1-22-10-15-26(19-31(22)36)39-27-16-17-29-28-8-6-7-9-32(28)38(33(29)20-27)34-18-23(2)30(21-37-34)24-11-13-25(14-12-24)35(3,4)5/h6-21H,1-5H3/i1D3,2D3. The Morgan fingerprint density at radius 1 is 0.769 bits per heavy atom. The predicted molar refractivity (Wildman–Crippen MR) is 166 cm³/mol. The van der Waals surface area contributed by atoms with Crippen LogP contribution in [-0.2, 0) is 5.41 Å². The third-order valence-corrected chi connectivity index (χ3v) is 7.66. The fraction of sp³-hybridized carbons (Fsp3) is 0.171. The number of aryl methyl sites for hydroxylation is 2. The SMILES string of the molecule is [2H]C([2H])([2H])c1ccc(Oc2ccc3c4ccccc4n(-c4cc(C([2H])([2H])[2H])c(-c5ccc(C(C)(C)C)cc5)cn4)c3c2)cc1Br. The van der Waals surface area contributed by atoms with E-state index in [1.54, 1.807) is 24.4 Å². The molecular formula is C35H31BrN2O. The highest BCUT2D eigenvalue weighted by Crippen LogP contribution is 2.36. The first kappa shape index (κ1) is 19.2. The molecule has 6 rings (SSSR count). The van der Waals surface area contributed by atoms with E-state index in [-0.39, 0.29) is 16.5 Å². The first-order valence-corrected chi connectivity index (χ1v) is 13.5. The third-order valence-electron chi connectivity index (χ3n) is 7.00.